The number of hydrogen-bond acceptors (Lipinski definition) is 4. The molecule has 0 saturated heterocycles. The fraction of sp³-hybridized carbons (Fsp3) is 0. The summed E-state index contributed by atoms with van der Waals surface area (Å²) in [5.41, 5.74) is 0.471. The van der Waals surface area contributed by atoms with Crippen LogP contribution in [-0.4, -0.2) is 9.97 Å². The average Bonchev–Trinajstić information content (AvgIpc) is 2.99. The van der Waals surface area contributed by atoms with E-state index in [9.17, 15) is 22.0 Å². The van der Waals surface area contributed by atoms with Gasteiger partial charge in [-0.25, -0.2) is 18.2 Å². The normalized spacial score (nSPS) is 11.0. The fourth-order valence-electron chi connectivity index (χ4n) is 1.70. The highest BCUT2D eigenvalue weighted by atomic mass is 32.2. The summed E-state index contributed by atoms with van der Waals surface area (Å²) < 4.78 is 71.2. The van der Waals surface area contributed by atoms with Gasteiger partial charge < -0.3 is 4.42 Å². The van der Waals surface area contributed by atoms with Gasteiger partial charge in [-0.3, -0.25) is 0 Å². The molecular weight excluding hydrogens is 339 g/mol. The highest BCUT2D eigenvalue weighted by molar-refractivity contribution is 7.99. The largest absolute Gasteiger partial charge is 0.431 e. The molecule has 0 amide bonds. The summed E-state index contributed by atoms with van der Waals surface area (Å²) in [6, 6.07) is 5.21. The molecule has 0 aliphatic heterocycles. The first-order valence-corrected chi connectivity index (χ1v) is 6.87. The molecule has 3 rings (SSSR count). The summed E-state index contributed by atoms with van der Waals surface area (Å²) in [5.74, 6) is -7.07. The number of nitrogens with zero attached hydrogens (tertiary/aromatic N) is 2. The Morgan fingerprint density at radius 1 is 0.870 bits per heavy atom. The van der Waals surface area contributed by atoms with Crippen LogP contribution in [0.25, 0.3) is 11.3 Å². The SMILES string of the molecule is Fc1ccc(-c2cnc(Sc3c(F)c(F)nc(F)c3F)o2)cc1. The zero-order chi connectivity index (χ0) is 16.6. The van der Waals surface area contributed by atoms with Crippen molar-refractivity contribution in [1.82, 2.24) is 9.97 Å². The van der Waals surface area contributed by atoms with Gasteiger partial charge >= 0.3 is 0 Å². The molecular formula is C14H5F5N2OS. The second kappa shape index (κ2) is 5.99. The summed E-state index contributed by atoms with van der Waals surface area (Å²) in [6.07, 6.45) is 1.24. The van der Waals surface area contributed by atoms with E-state index in [-0.39, 0.29) is 22.7 Å². The molecule has 0 unspecified atom stereocenters. The van der Waals surface area contributed by atoms with E-state index in [0.29, 0.717) is 5.56 Å². The molecule has 0 saturated carbocycles. The van der Waals surface area contributed by atoms with E-state index in [0.717, 1.165) is 0 Å². The van der Waals surface area contributed by atoms with Crippen molar-refractivity contribution in [3.8, 4) is 11.3 Å². The molecule has 0 fully saturated rings. The highest BCUT2D eigenvalue weighted by Gasteiger charge is 2.23. The van der Waals surface area contributed by atoms with Crippen LogP contribution in [0.4, 0.5) is 22.0 Å². The molecule has 23 heavy (non-hydrogen) atoms. The minimum atomic E-state index is -1.77. The van der Waals surface area contributed by atoms with Gasteiger partial charge in [0.2, 0.25) is 0 Å². The Labute approximate surface area is 130 Å². The summed E-state index contributed by atoms with van der Waals surface area (Å²) in [4.78, 5) is 5.25. The lowest BCUT2D eigenvalue weighted by atomic mass is 10.2. The lowest BCUT2D eigenvalue weighted by Crippen LogP contribution is -2.01. The van der Waals surface area contributed by atoms with Gasteiger partial charge in [-0.2, -0.15) is 13.8 Å². The van der Waals surface area contributed by atoms with Gasteiger partial charge in [-0.05, 0) is 36.0 Å². The molecule has 3 aromatic rings. The molecule has 0 bridgehead atoms. The van der Waals surface area contributed by atoms with Gasteiger partial charge in [-0.1, -0.05) is 0 Å². The third-order valence-corrected chi connectivity index (χ3v) is 3.69. The Morgan fingerprint density at radius 3 is 2.09 bits per heavy atom. The maximum Gasteiger partial charge on any atom is 0.261 e. The van der Waals surface area contributed by atoms with Crippen LogP contribution in [0, 0.1) is 29.3 Å². The van der Waals surface area contributed by atoms with Crippen LogP contribution in [-0.2, 0) is 0 Å². The summed E-state index contributed by atoms with van der Waals surface area (Å²) in [6.45, 7) is 0. The third kappa shape index (κ3) is 3.04. The number of aromatic nitrogens is 2. The van der Waals surface area contributed by atoms with Crippen LogP contribution in [0.3, 0.4) is 0 Å². The highest BCUT2D eigenvalue weighted by Crippen LogP contribution is 2.34. The number of hydrogen-bond donors (Lipinski definition) is 0. The summed E-state index contributed by atoms with van der Waals surface area (Å²) >= 11 is 0.266. The Morgan fingerprint density at radius 2 is 1.48 bits per heavy atom. The molecule has 0 spiro atoms. The van der Waals surface area contributed by atoms with E-state index in [1.807, 2.05) is 0 Å². The molecule has 0 aliphatic carbocycles. The lowest BCUT2D eigenvalue weighted by Gasteiger charge is -2.03. The molecule has 0 atom stereocenters. The van der Waals surface area contributed by atoms with Crippen molar-refractivity contribution in [2.45, 2.75) is 10.1 Å². The number of benzene rings is 1. The van der Waals surface area contributed by atoms with E-state index in [1.54, 1.807) is 0 Å². The van der Waals surface area contributed by atoms with E-state index < -0.39 is 34.2 Å². The van der Waals surface area contributed by atoms with Gasteiger partial charge in [0.25, 0.3) is 17.1 Å². The Balaban J connectivity index is 1.92. The number of pyridine rings is 1. The molecule has 2 aromatic heterocycles. The molecule has 1 aromatic carbocycles. The predicted octanol–water partition coefficient (Wildman–Crippen LogP) is 4.58. The first kappa shape index (κ1) is 15.5. The monoisotopic (exact) mass is 344 g/mol. The van der Waals surface area contributed by atoms with Gasteiger partial charge in [0.15, 0.2) is 17.4 Å². The van der Waals surface area contributed by atoms with Crippen molar-refractivity contribution in [2.24, 2.45) is 0 Å². The zero-order valence-corrected chi connectivity index (χ0v) is 11.8. The topological polar surface area (TPSA) is 38.9 Å². The average molecular weight is 344 g/mol. The Bertz CT molecular complexity index is 840. The van der Waals surface area contributed by atoms with Crippen LogP contribution in [0.1, 0.15) is 0 Å². The molecule has 0 aliphatic rings. The quantitative estimate of drug-likeness (QED) is 0.515. The van der Waals surface area contributed by atoms with E-state index in [1.165, 1.54) is 30.5 Å². The minimum absolute atomic E-state index is 0.198. The van der Waals surface area contributed by atoms with Crippen LogP contribution in [0.5, 0.6) is 0 Å². The van der Waals surface area contributed by atoms with Gasteiger partial charge in [0.05, 0.1) is 11.1 Å². The summed E-state index contributed by atoms with van der Waals surface area (Å²) in [5, 5.41) is -0.243. The van der Waals surface area contributed by atoms with E-state index >= 15 is 0 Å². The smallest absolute Gasteiger partial charge is 0.261 e. The molecule has 2 heterocycles. The second-order valence-electron chi connectivity index (χ2n) is 4.25. The van der Waals surface area contributed by atoms with Crippen LogP contribution in [0.15, 0.2) is 45.0 Å². The molecule has 0 radical (unpaired) electrons. The predicted molar refractivity (Wildman–Crippen MR) is 70.1 cm³/mol. The fourth-order valence-corrected chi connectivity index (χ4v) is 2.46. The summed E-state index contributed by atoms with van der Waals surface area (Å²) in [7, 11) is 0. The number of halogens is 5. The van der Waals surface area contributed by atoms with Crippen molar-refractivity contribution < 1.29 is 26.4 Å². The maximum absolute atomic E-state index is 13.5. The maximum atomic E-state index is 13.5. The van der Waals surface area contributed by atoms with Crippen molar-refractivity contribution in [3.63, 3.8) is 0 Å². The third-order valence-electron chi connectivity index (χ3n) is 2.76. The number of oxazole rings is 1. The molecule has 9 heteroatoms. The molecule has 118 valence electrons. The van der Waals surface area contributed by atoms with Crippen molar-refractivity contribution in [3.05, 3.63) is 59.8 Å². The zero-order valence-electron chi connectivity index (χ0n) is 11.0. The second-order valence-corrected chi connectivity index (χ2v) is 5.21. The minimum Gasteiger partial charge on any atom is -0.431 e. The van der Waals surface area contributed by atoms with Gasteiger partial charge in [0.1, 0.15) is 5.82 Å². The van der Waals surface area contributed by atoms with Crippen LogP contribution >= 0.6 is 11.8 Å². The van der Waals surface area contributed by atoms with Gasteiger partial charge in [-0.15, -0.1) is 0 Å². The van der Waals surface area contributed by atoms with Crippen LogP contribution < -0.4 is 0 Å². The van der Waals surface area contributed by atoms with Gasteiger partial charge in [0, 0.05) is 5.56 Å². The standard InChI is InChI=1S/C14H5F5N2OS/c15-7-3-1-6(2-4-7)8-5-20-14(22-8)23-11-9(16)12(18)21-13(19)10(11)17/h1-5H. The van der Waals surface area contributed by atoms with Crippen LogP contribution in [0.2, 0.25) is 0 Å². The molecule has 0 N–H and O–H groups in total. The molecule has 3 nitrogen and oxygen atoms in total. The van der Waals surface area contributed by atoms with E-state index in [4.69, 9.17) is 4.42 Å². The van der Waals surface area contributed by atoms with E-state index in [2.05, 4.69) is 9.97 Å². The first-order valence-electron chi connectivity index (χ1n) is 6.05. The van der Waals surface area contributed by atoms with Crippen molar-refractivity contribution in [1.29, 1.82) is 0 Å². The Kier molecular flexibility index (Phi) is 4.03. The van der Waals surface area contributed by atoms with Crippen molar-refractivity contribution in [2.75, 3.05) is 0 Å². The lowest BCUT2D eigenvalue weighted by molar-refractivity contribution is 0.382. The van der Waals surface area contributed by atoms with Crippen molar-refractivity contribution >= 4 is 11.8 Å². The first-order chi connectivity index (χ1) is 11.0. The Hall–Kier alpha value is -2.42. The number of rotatable bonds is 3.